The number of hydrogen-bond donors (Lipinski definition) is 2. The fraction of sp³-hybridized carbons (Fsp3) is 0.0769. The molecule has 0 atom stereocenters. The summed E-state index contributed by atoms with van der Waals surface area (Å²) in [5, 5.41) is 0. The van der Waals surface area contributed by atoms with Crippen LogP contribution in [0.1, 0.15) is 5.56 Å². The molecule has 0 spiro atoms. The first-order valence-corrected chi connectivity index (χ1v) is 9.60. The molecule has 8 heteroatoms. The SMILES string of the molecule is Cc1ccc(NS(=O)(=O)c2c(Br)cc(N)cc2Br)c(Br)c1. The minimum atomic E-state index is -3.76. The Morgan fingerprint density at radius 3 is 2.10 bits per heavy atom. The summed E-state index contributed by atoms with van der Waals surface area (Å²) >= 11 is 9.82. The van der Waals surface area contributed by atoms with Gasteiger partial charge in [-0.2, -0.15) is 0 Å². The summed E-state index contributed by atoms with van der Waals surface area (Å²) in [6.07, 6.45) is 0. The lowest BCUT2D eigenvalue weighted by Crippen LogP contribution is -2.15. The van der Waals surface area contributed by atoms with Gasteiger partial charge >= 0.3 is 0 Å². The largest absolute Gasteiger partial charge is 0.399 e. The molecule has 0 bridgehead atoms. The molecule has 2 aromatic carbocycles. The second-order valence-corrected chi connectivity index (χ2v) is 8.58. The van der Waals surface area contributed by atoms with Crippen LogP contribution >= 0.6 is 47.8 Å². The third-order valence-electron chi connectivity index (χ3n) is 2.66. The van der Waals surface area contributed by atoms with E-state index in [-0.39, 0.29) is 4.90 Å². The summed E-state index contributed by atoms with van der Waals surface area (Å²) in [6, 6.07) is 8.46. The number of rotatable bonds is 3. The van der Waals surface area contributed by atoms with Gasteiger partial charge in [-0.15, -0.1) is 0 Å². The van der Waals surface area contributed by atoms with Gasteiger partial charge in [0.05, 0.1) is 5.69 Å². The summed E-state index contributed by atoms with van der Waals surface area (Å²) in [6.45, 7) is 1.93. The van der Waals surface area contributed by atoms with Crippen molar-refractivity contribution >= 4 is 69.2 Å². The molecule has 0 radical (unpaired) electrons. The normalized spacial score (nSPS) is 11.4. The molecule has 0 unspecified atom stereocenters. The summed E-state index contributed by atoms with van der Waals surface area (Å²) in [5.74, 6) is 0. The maximum absolute atomic E-state index is 12.6. The first kappa shape index (κ1) is 16.8. The van der Waals surface area contributed by atoms with Gasteiger partial charge < -0.3 is 5.73 Å². The van der Waals surface area contributed by atoms with Crippen molar-refractivity contribution in [2.24, 2.45) is 0 Å². The lowest BCUT2D eigenvalue weighted by molar-refractivity contribution is 0.600. The van der Waals surface area contributed by atoms with Gasteiger partial charge in [-0.3, -0.25) is 4.72 Å². The van der Waals surface area contributed by atoms with E-state index < -0.39 is 10.0 Å². The number of nitrogens with one attached hydrogen (secondary N) is 1. The molecule has 0 fully saturated rings. The fourth-order valence-electron chi connectivity index (χ4n) is 1.73. The summed E-state index contributed by atoms with van der Waals surface area (Å²) in [4.78, 5) is 0.101. The van der Waals surface area contributed by atoms with E-state index in [9.17, 15) is 8.42 Å². The molecule has 0 heterocycles. The van der Waals surface area contributed by atoms with Gasteiger partial charge in [0.15, 0.2) is 0 Å². The fourth-order valence-corrected chi connectivity index (χ4v) is 6.16. The predicted octanol–water partition coefficient (Wildman–Crippen LogP) is 4.67. The number of hydrogen-bond acceptors (Lipinski definition) is 3. The second-order valence-electron chi connectivity index (χ2n) is 4.40. The van der Waals surface area contributed by atoms with Crippen LogP contribution in [0.15, 0.2) is 48.6 Å². The summed E-state index contributed by atoms with van der Waals surface area (Å²) in [7, 11) is -3.76. The van der Waals surface area contributed by atoms with Crippen LogP contribution < -0.4 is 10.5 Å². The van der Waals surface area contributed by atoms with Gasteiger partial charge in [0.2, 0.25) is 0 Å². The van der Waals surface area contributed by atoms with Crippen LogP contribution in [0.2, 0.25) is 0 Å². The van der Waals surface area contributed by atoms with Crippen molar-refractivity contribution in [2.75, 3.05) is 10.5 Å². The lowest BCUT2D eigenvalue weighted by atomic mass is 10.2. The molecular weight excluding hydrogens is 488 g/mol. The van der Waals surface area contributed by atoms with Crippen LogP contribution in [0.4, 0.5) is 11.4 Å². The molecule has 0 aliphatic heterocycles. The number of aryl methyl sites for hydroxylation is 1. The molecule has 2 rings (SSSR count). The Bertz CT molecular complexity index is 784. The van der Waals surface area contributed by atoms with Crippen molar-refractivity contribution in [2.45, 2.75) is 11.8 Å². The highest BCUT2D eigenvalue weighted by Gasteiger charge is 2.22. The Morgan fingerprint density at radius 1 is 1.00 bits per heavy atom. The third-order valence-corrected chi connectivity index (χ3v) is 6.56. The zero-order valence-corrected chi connectivity index (χ0v) is 16.4. The molecule has 0 aliphatic rings. The molecule has 0 aromatic heterocycles. The van der Waals surface area contributed by atoms with Crippen molar-refractivity contribution in [1.29, 1.82) is 0 Å². The first-order valence-electron chi connectivity index (χ1n) is 5.74. The van der Waals surface area contributed by atoms with E-state index in [2.05, 4.69) is 52.5 Å². The van der Waals surface area contributed by atoms with Gasteiger partial charge in [-0.05, 0) is 84.5 Å². The van der Waals surface area contributed by atoms with Crippen LogP contribution in [0.25, 0.3) is 0 Å². The maximum atomic E-state index is 12.6. The molecule has 0 aliphatic carbocycles. The molecule has 0 saturated heterocycles. The van der Waals surface area contributed by atoms with E-state index in [1.54, 1.807) is 18.2 Å². The highest BCUT2D eigenvalue weighted by molar-refractivity contribution is 9.11. The Labute approximate surface area is 148 Å². The Kier molecular flexibility index (Phi) is 5.02. The number of halogens is 3. The molecule has 0 saturated carbocycles. The average molecular weight is 499 g/mol. The van der Waals surface area contributed by atoms with Gasteiger partial charge in [-0.25, -0.2) is 8.42 Å². The van der Waals surface area contributed by atoms with Crippen molar-refractivity contribution < 1.29 is 8.42 Å². The van der Waals surface area contributed by atoms with E-state index in [1.165, 1.54) is 0 Å². The van der Waals surface area contributed by atoms with Gasteiger partial charge in [-0.1, -0.05) is 6.07 Å². The minimum Gasteiger partial charge on any atom is -0.399 e. The second kappa shape index (κ2) is 6.28. The molecule has 0 amide bonds. The summed E-state index contributed by atoms with van der Waals surface area (Å²) < 4.78 is 29.1. The van der Waals surface area contributed by atoms with Crippen LogP contribution in [-0.4, -0.2) is 8.42 Å². The summed E-state index contributed by atoms with van der Waals surface area (Å²) in [5.41, 5.74) is 7.64. The topological polar surface area (TPSA) is 72.2 Å². The van der Waals surface area contributed by atoms with Crippen LogP contribution in [-0.2, 0) is 10.0 Å². The smallest absolute Gasteiger partial charge is 0.264 e. The van der Waals surface area contributed by atoms with Crippen molar-refractivity contribution in [3.05, 3.63) is 49.3 Å². The molecule has 3 N–H and O–H groups in total. The van der Waals surface area contributed by atoms with Crippen molar-refractivity contribution in [3.63, 3.8) is 0 Å². The van der Waals surface area contributed by atoms with E-state index >= 15 is 0 Å². The Balaban J connectivity index is 2.48. The highest BCUT2D eigenvalue weighted by Crippen LogP contribution is 2.34. The average Bonchev–Trinajstić information content (AvgIpc) is 2.30. The van der Waals surface area contributed by atoms with Crippen LogP contribution in [0, 0.1) is 6.92 Å². The Morgan fingerprint density at radius 2 is 1.57 bits per heavy atom. The zero-order chi connectivity index (χ0) is 15.8. The molecule has 21 heavy (non-hydrogen) atoms. The van der Waals surface area contributed by atoms with E-state index in [0.717, 1.165) is 5.56 Å². The van der Waals surface area contributed by atoms with Gasteiger partial charge in [0.25, 0.3) is 10.0 Å². The van der Waals surface area contributed by atoms with Crippen LogP contribution in [0.3, 0.4) is 0 Å². The molecule has 112 valence electrons. The first-order chi connectivity index (χ1) is 9.70. The van der Waals surface area contributed by atoms with Gasteiger partial charge in [0, 0.05) is 19.1 Å². The van der Waals surface area contributed by atoms with Crippen molar-refractivity contribution in [1.82, 2.24) is 0 Å². The van der Waals surface area contributed by atoms with E-state index in [0.29, 0.717) is 24.8 Å². The van der Waals surface area contributed by atoms with Crippen molar-refractivity contribution in [3.8, 4) is 0 Å². The van der Waals surface area contributed by atoms with E-state index in [1.807, 2.05) is 19.1 Å². The Hall–Kier alpha value is -0.570. The predicted molar refractivity (Wildman–Crippen MR) is 95.9 cm³/mol. The quantitative estimate of drug-likeness (QED) is 0.604. The standard InChI is InChI=1S/C13H11Br3N2O2S/c1-7-2-3-12(9(14)4-7)18-21(19,20)13-10(15)5-8(17)6-11(13)16/h2-6,18H,17H2,1H3. The number of nitrogen functional groups attached to an aromatic ring is 1. The third kappa shape index (κ3) is 3.80. The van der Waals surface area contributed by atoms with E-state index in [4.69, 9.17) is 5.73 Å². The number of benzene rings is 2. The van der Waals surface area contributed by atoms with Crippen LogP contribution in [0.5, 0.6) is 0 Å². The zero-order valence-electron chi connectivity index (χ0n) is 10.8. The monoisotopic (exact) mass is 496 g/mol. The molecular formula is C13H11Br3N2O2S. The highest BCUT2D eigenvalue weighted by atomic mass is 79.9. The lowest BCUT2D eigenvalue weighted by Gasteiger charge is -2.13. The van der Waals surface area contributed by atoms with Gasteiger partial charge in [0.1, 0.15) is 4.90 Å². The maximum Gasteiger partial charge on any atom is 0.264 e. The minimum absolute atomic E-state index is 0.101. The molecule has 4 nitrogen and oxygen atoms in total. The number of anilines is 2. The number of nitrogens with two attached hydrogens (primary N) is 1. The molecule has 2 aromatic rings. The number of sulfonamides is 1.